The van der Waals surface area contributed by atoms with E-state index in [2.05, 4.69) is 22.5 Å². The molecule has 1 saturated heterocycles. The fourth-order valence-electron chi connectivity index (χ4n) is 2.05. The van der Waals surface area contributed by atoms with Crippen molar-refractivity contribution in [3.63, 3.8) is 0 Å². The van der Waals surface area contributed by atoms with Gasteiger partial charge in [0.25, 0.3) is 0 Å². The van der Waals surface area contributed by atoms with Crippen molar-refractivity contribution in [2.45, 2.75) is 25.8 Å². The van der Waals surface area contributed by atoms with Gasteiger partial charge in [-0.3, -0.25) is 9.59 Å². The summed E-state index contributed by atoms with van der Waals surface area (Å²) in [6.07, 6.45) is 0.923. The third-order valence-corrected chi connectivity index (χ3v) is 3.07. The largest absolute Gasteiger partial charge is 0.344 e. The number of amides is 2. The van der Waals surface area contributed by atoms with Gasteiger partial charge in [-0.2, -0.15) is 0 Å². The second-order valence-corrected chi connectivity index (χ2v) is 4.70. The molecule has 1 atom stereocenters. The molecule has 1 aromatic carbocycles. The van der Waals surface area contributed by atoms with Crippen molar-refractivity contribution >= 4 is 17.5 Å². The molecule has 0 spiro atoms. The third kappa shape index (κ3) is 3.37. The minimum Gasteiger partial charge on any atom is -0.344 e. The molecule has 1 heterocycles. The van der Waals surface area contributed by atoms with E-state index in [4.69, 9.17) is 5.73 Å². The summed E-state index contributed by atoms with van der Waals surface area (Å²) in [5.41, 5.74) is 7.80. The van der Waals surface area contributed by atoms with Crippen LogP contribution in [-0.2, 0) is 9.59 Å². The molecule has 0 saturated carbocycles. The summed E-state index contributed by atoms with van der Waals surface area (Å²) in [5.74, 6) is 5.42. The predicted molar refractivity (Wildman–Crippen MR) is 76.9 cm³/mol. The second kappa shape index (κ2) is 6.22. The van der Waals surface area contributed by atoms with Gasteiger partial charge in [-0.15, -0.1) is 0 Å². The summed E-state index contributed by atoms with van der Waals surface area (Å²) in [7, 11) is 0. The van der Waals surface area contributed by atoms with Crippen LogP contribution in [-0.4, -0.2) is 24.4 Å². The van der Waals surface area contributed by atoms with E-state index in [0.717, 1.165) is 11.1 Å². The average molecular weight is 271 g/mol. The molecule has 0 aromatic heterocycles. The Labute approximate surface area is 117 Å². The van der Waals surface area contributed by atoms with E-state index in [1.54, 1.807) is 0 Å². The van der Waals surface area contributed by atoms with E-state index in [1.165, 1.54) is 0 Å². The lowest BCUT2D eigenvalue weighted by molar-refractivity contribution is -0.122. The standard InChI is InChI=1S/C15H17N3O2/c1-10-4-5-12(11(9-10)3-2-8-16)18-15(20)13-6-7-14(19)17-13/h4-5,9,13H,6-8,16H2,1H3,(H,17,19)(H,18,20). The first kappa shape index (κ1) is 14.1. The highest BCUT2D eigenvalue weighted by molar-refractivity contribution is 5.99. The van der Waals surface area contributed by atoms with Crippen LogP contribution in [0, 0.1) is 18.8 Å². The number of nitrogens with two attached hydrogens (primary N) is 1. The van der Waals surface area contributed by atoms with Gasteiger partial charge in [0.1, 0.15) is 6.04 Å². The van der Waals surface area contributed by atoms with Crippen LogP contribution in [0.4, 0.5) is 5.69 Å². The monoisotopic (exact) mass is 271 g/mol. The van der Waals surface area contributed by atoms with Crippen LogP contribution in [0.15, 0.2) is 18.2 Å². The maximum atomic E-state index is 12.1. The van der Waals surface area contributed by atoms with Gasteiger partial charge in [0.15, 0.2) is 0 Å². The number of carbonyl (C=O) groups excluding carboxylic acids is 2. The first-order chi connectivity index (χ1) is 9.60. The Kier molecular flexibility index (Phi) is 4.38. The van der Waals surface area contributed by atoms with Gasteiger partial charge in [0.2, 0.25) is 11.8 Å². The fourth-order valence-corrected chi connectivity index (χ4v) is 2.05. The first-order valence-electron chi connectivity index (χ1n) is 6.50. The molecule has 1 aliphatic heterocycles. The van der Waals surface area contributed by atoms with Crippen LogP contribution in [0.2, 0.25) is 0 Å². The quantitative estimate of drug-likeness (QED) is 0.686. The number of nitrogens with one attached hydrogen (secondary N) is 2. The molecule has 20 heavy (non-hydrogen) atoms. The van der Waals surface area contributed by atoms with E-state index in [9.17, 15) is 9.59 Å². The molecule has 0 bridgehead atoms. The lowest BCUT2D eigenvalue weighted by Crippen LogP contribution is -2.37. The number of hydrogen-bond acceptors (Lipinski definition) is 3. The van der Waals surface area contributed by atoms with Crippen LogP contribution in [0.5, 0.6) is 0 Å². The van der Waals surface area contributed by atoms with E-state index in [0.29, 0.717) is 18.5 Å². The maximum Gasteiger partial charge on any atom is 0.246 e. The average Bonchev–Trinajstić information content (AvgIpc) is 2.85. The SMILES string of the molecule is Cc1ccc(NC(=O)C2CCC(=O)N2)c(C#CCN)c1. The number of rotatable bonds is 2. The van der Waals surface area contributed by atoms with Crippen molar-refractivity contribution < 1.29 is 9.59 Å². The fraction of sp³-hybridized carbons (Fsp3) is 0.333. The Morgan fingerprint density at radius 2 is 2.35 bits per heavy atom. The number of hydrogen-bond donors (Lipinski definition) is 3. The molecule has 4 N–H and O–H groups in total. The molecule has 2 rings (SSSR count). The van der Waals surface area contributed by atoms with Crippen LogP contribution >= 0.6 is 0 Å². The summed E-state index contributed by atoms with van der Waals surface area (Å²) in [4.78, 5) is 23.2. The van der Waals surface area contributed by atoms with Gasteiger partial charge in [0.05, 0.1) is 12.2 Å². The Morgan fingerprint density at radius 1 is 1.55 bits per heavy atom. The lowest BCUT2D eigenvalue weighted by atomic mass is 10.1. The summed E-state index contributed by atoms with van der Waals surface area (Å²) in [6.45, 7) is 2.22. The van der Waals surface area contributed by atoms with Crippen LogP contribution < -0.4 is 16.4 Å². The molecule has 2 amide bonds. The van der Waals surface area contributed by atoms with Gasteiger partial charge in [0, 0.05) is 12.0 Å². The normalized spacial score (nSPS) is 17.1. The van der Waals surface area contributed by atoms with E-state index >= 15 is 0 Å². The zero-order chi connectivity index (χ0) is 14.5. The number of aryl methyl sites for hydroxylation is 1. The highest BCUT2D eigenvalue weighted by Crippen LogP contribution is 2.18. The Hall–Kier alpha value is -2.32. The van der Waals surface area contributed by atoms with Crippen molar-refractivity contribution in [2.24, 2.45) is 5.73 Å². The topological polar surface area (TPSA) is 84.2 Å². The van der Waals surface area contributed by atoms with Gasteiger partial charge < -0.3 is 16.4 Å². The van der Waals surface area contributed by atoms with Crippen molar-refractivity contribution in [1.82, 2.24) is 5.32 Å². The van der Waals surface area contributed by atoms with E-state index < -0.39 is 6.04 Å². The van der Waals surface area contributed by atoms with Crippen LogP contribution in [0.1, 0.15) is 24.0 Å². The zero-order valence-electron chi connectivity index (χ0n) is 11.3. The van der Waals surface area contributed by atoms with Crippen molar-refractivity contribution in [3.05, 3.63) is 29.3 Å². The Morgan fingerprint density at radius 3 is 3.00 bits per heavy atom. The zero-order valence-corrected chi connectivity index (χ0v) is 11.3. The van der Waals surface area contributed by atoms with Gasteiger partial charge in [-0.05, 0) is 31.0 Å². The van der Waals surface area contributed by atoms with Gasteiger partial charge >= 0.3 is 0 Å². The summed E-state index contributed by atoms with van der Waals surface area (Å²) in [6, 6.07) is 5.14. The molecule has 0 radical (unpaired) electrons. The number of anilines is 1. The molecule has 1 fully saturated rings. The molecule has 104 valence electrons. The molecular formula is C15H17N3O2. The van der Waals surface area contributed by atoms with Gasteiger partial charge in [-0.1, -0.05) is 17.9 Å². The predicted octanol–water partition coefficient (Wildman–Crippen LogP) is 0.522. The highest BCUT2D eigenvalue weighted by atomic mass is 16.2. The van der Waals surface area contributed by atoms with Crippen molar-refractivity contribution in [2.75, 3.05) is 11.9 Å². The van der Waals surface area contributed by atoms with Crippen LogP contribution in [0.3, 0.4) is 0 Å². The smallest absolute Gasteiger partial charge is 0.246 e. The van der Waals surface area contributed by atoms with Crippen molar-refractivity contribution in [3.8, 4) is 11.8 Å². The van der Waals surface area contributed by atoms with E-state index in [-0.39, 0.29) is 18.4 Å². The first-order valence-corrected chi connectivity index (χ1v) is 6.50. The minimum absolute atomic E-state index is 0.0859. The molecule has 5 nitrogen and oxygen atoms in total. The second-order valence-electron chi connectivity index (χ2n) is 4.70. The molecule has 5 heteroatoms. The molecule has 0 aliphatic carbocycles. The lowest BCUT2D eigenvalue weighted by Gasteiger charge is -2.12. The molecule has 1 unspecified atom stereocenters. The summed E-state index contributed by atoms with van der Waals surface area (Å²) < 4.78 is 0. The Bertz CT molecular complexity index is 599. The summed E-state index contributed by atoms with van der Waals surface area (Å²) in [5, 5.41) is 5.45. The summed E-state index contributed by atoms with van der Waals surface area (Å²) >= 11 is 0. The number of carbonyl (C=O) groups is 2. The van der Waals surface area contributed by atoms with Crippen LogP contribution in [0.25, 0.3) is 0 Å². The van der Waals surface area contributed by atoms with E-state index in [1.807, 2.05) is 25.1 Å². The molecule has 1 aromatic rings. The Balaban J connectivity index is 2.16. The minimum atomic E-state index is -0.459. The van der Waals surface area contributed by atoms with Crippen molar-refractivity contribution in [1.29, 1.82) is 0 Å². The molecule has 1 aliphatic rings. The van der Waals surface area contributed by atoms with Gasteiger partial charge in [-0.25, -0.2) is 0 Å². The molecular weight excluding hydrogens is 254 g/mol. The number of benzene rings is 1. The third-order valence-electron chi connectivity index (χ3n) is 3.07. The maximum absolute atomic E-state index is 12.1. The highest BCUT2D eigenvalue weighted by Gasteiger charge is 2.27.